The number of benzene rings is 1. The minimum Gasteiger partial charge on any atom is -0.0928 e. The second-order valence-corrected chi connectivity index (χ2v) is 4.17. The highest BCUT2D eigenvalue weighted by atomic mass is 79.9. The van der Waals surface area contributed by atoms with Crippen LogP contribution < -0.4 is 0 Å². The highest BCUT2D eigenvalue weighted by Gasteiger charge is 2.08. The van der Waals surface area contributed by atoms with Gasteiger partial charge >= 0.3 is 0 Å². The van der Waals surface area contributed by atoms with Gasteiger partial charge in [0.2, 0.25) is 0 Å². The van der Waals surface area contributed by atoms with Crippen LogP contribution in [0.25, 0.3) is 0 Å². The fourth-order valence-electron chi connectivity index (χ4n) is 1.68. The summed E-state index contributed by atoms with van der Waals surface area (Å²) in [6.07, 6.45) is 3.82. The van der Waals surface area contributed by atoms with Gasteiger partial charge < -0.3 is 0 Å². The molecule has 1 aromatic carbocycles. The molecule has 0 spiro atoms. The third-order valence-electron chi connectivity index (χ3n) is 2.37. The number of halogens is 1. The maximum atomic E-state index is 3.52. The Morgan fingerprint density at radius 1 is 1.15 bits per heavy atom. The second-order valence-electron chi connectivity index (χ2n) is 3.37. The van der Waals surface area contributed by atoms with Crippen molar-refractivity contribution in [3.8, 4) is 0 Å². The third-order valence-corrected chi connectivity index (χ3v) is 2.82. The summed E-state index contributed by atoms with van der Waals surface area (Å²) in [5.41, 5.74) is 1.49. The molecule has 0 aromatic heterocycles. The van der Waals surface area contributed by atoms with E-state index in [1.54, 1.807) is 0 Å². The fraction of sp³-hybridized carbons (Fsp3) is 0.500. The van der Waals surface area contributed by atoms with Crippen molar-refractivity contribution >= 4 is 15.9 Å². The predicted molar refractivity (Wildman–Crippen MR) is 62.5 cm³/mol. The summed E-state index contributed by atoms with van der Waals surface area (Å²) in [4.78, 5) is 0. The summed E-state index contributed by atoms with van der Waals surface area (Å²) in [7, 11) is 0. The number of hydrogen-bond acceptors (Lipinski definition) is 0. The zero-order chi connectivity index (χ0) is 9.52. The Balaban J connectivity index is 2.64. The molecule has 0 nitrogen and oxygen atoms in total. The lowest BCUT2D eigenvalue weighted by Gasteiger charge is -2.14. The van der Waals surface area contributed by atoms with Gasteiger partial charge in [-0.15, -0.1) is 0 Å². The van der Waals surface area contributed by atoms with E-state index >= 15 is 0 Å². The first-order valence-electron chi connectivity index (χ1n) is 4.99. The van der Waals surface area contributed by atoms with Crippen molar-refractivity contribution in [2.24, 2.45) is 0 Å². The molecule has 0 fully saturated rings. The summed E-state index contributed by atoms with van der Waals surface area (Å²) in [6, 6.07) is 10.8. The van der Waals surface area contributed by atoms with Crippen LogP contribution in [0.4, 0.5) is 0 Å². The summed E-state index contributed by atoms with van der Waals surface area (Å²) >= 11 is 3.52. The summed E-state index contributed by atoms with van der Waals surface area (Å²) in [5.74, 6) is 0.741. The normalized spacial score (nSPS) is 12.8. The third kappa shape index (κ3) is 3.51. The van der Waals surface area contributed by atoms with Crippen LogP contribution in [0.3, 0.4) is 0 Å². The van der Waals surface area contributed by atoms with E-state index < -0.39 is 0 Å². The van der Waals surface area contributed by atoms with Crippen LogP contribution in [0, 0.1) is 0 Å². The first kappa shape index (κ1) is 10.8. The van der Waals surface area contributed by atoms with Gasteiger partial charge in [0.15, 0.2) is 0 Å². The standard InChI is InChI=1S/C12H17Br/c1-2-6-11(9-10-13)12-7-4-3-5-8-12/h3-5,7-8,11H,2,6,9-10H2,1H3/t11-/m1/s1. The van der Waals surface area contributed by atoms with Crippen molar-refractivity contribution in [1.29, 1.82) is 0 Å². The lowest BCUT2D eigenvalue weighted by Crippen LogP contribution is -1.98. The molecular weight excluding hydrogens is 224 g/mol. The summed E-state index contributed by atoms with van der Waals surface area (Å²) < 4.78 is 0. The van der Waals surface area contributed by atoms with Gasteiger partial charge in [-0.1, -0.05) is 59.6 Å². The molecule has 0 heterocycles. The van der Waals surface area contributed by atoms with Gasteiger partial charge in [-0.3, -0.25) is 0 Å². The van der Waals surface area contributed by atoms with Crippen LogP contribution in [-0.4, -0.2) is 5.33 Å². The second kappa shape index (κ2) is 6.20. The lowest BCUT2D eigenvalue weighted by atomic mass is 9.92. The molecule has 1 heteroatoms. The lowest BCUT2D eigenvalue weighted by molar-refractivity contribution is 0.601. The zero-order valence-corrected chi connectivity index (χ0v) is 9.76. The van der Waals surface area contributed by atoms with Crippen LogP contribution in [0.15, 0.2) is 30.3 Å². The van der Waals surface area contributed by atoms with E-state index in [4.69, 9.17) is 0 Å². The van der Waals surface area contributed by atoms with Crippen LogP contribution in [0.5, 0.6) is 0 Å². The first-order valence-corrected chi connectivity index (χ1v) is 6.11. The minimum absolute atomic E-state index is 0.741. The molecule has 1 aromatic rings. The van der Waals surface area contributed by atoms with E-state index in [-0.39, 0.29) is 0 Å². The van der Waals surface area contributed by atoms with Gasteiger partial charge in [-0.25, -0.2) is 0 Å². The van der Waals surface area contributed by atoms with E-state index in [0.29, 0.717) is 0 Å². The van der Waals surface area contributed by atoms with Gasteiger partial charge in [0, 0.05) is 5.33 Å². The Morgan fingerprint density at radius 3 is 2.38 bits per heavy atom. The molecule has 72 valence electrons. The van der Waals surface area contributed by atoms with Crippen LogP contribution in [-0.2, 0) is 0 Å². The molecule has 0 bridgehead atoms. The van der Waals surface area contributed by atoms with Crippen molar-refractivity contribution in [2.75, 3.05) is 5.33 Å². The smallest absolute Gasteiger partial charge is 0.00371 e. The summed E-state index contributed by atoms with van der Waals surface area (Å²) in [6.45, 7) is 2.25. The maximum absolute atomic E-state index is 3.52. The Morgan fingerprint density at radius 2 is 1.85 bits per heavy atom. The average molecular weight is 241 g/mol. The molecule has 0 aliphatic carbocycles. The average Bonchev–Trinajstić information content (AvgIpc) is 2.19. The molecule has 0 radical (unpaired) electrons. The Hall–Kier alpha value is -0.300. The Kier molecular flexibility index (Phi) is 5.14. The SMILES string of the molecule is CCC[C@H](CCBr)c1ccccc1. The monoisotopic (exact) mass is 240 g/mol. The van der Waals surface area contributed by atoms with Gasteiger partial charge in [0.05, 0.1) is 0 Å². The highest BCUT2D eigenvalue weighted by molar-refractivity contribution is 9.09. The van der Waals surface area contributed by atoms with E-state index in [1.807, 2.05) is 0 Å². The van der Waals surface area contributed by atoms with Gasteiger partial charge in [-0.05, 0) is 24.3 Å². The molecule has 0 aliphatic rings. The largest absolute Gasteiger partial charge is 0.0928 e. The molecular formula is C12H17Br. The number of alkyl halides is 1. The fourth-order valence-corrected chi connectivity index (χ4v) is 2.24. The van der Waals surface area contributed by atoms with Crippen molar-refractivity contribution in [3.63, 3.8) is 0 Å². The van der Waals surface area contributed by atoms with Crippen LogP contribution in [0.1, 0.15) is 37.7 Å². The predicted octanol–water partition coefficient (Wildman–Crippen LogP) is 4.36. The Bertz CT molecular complexity index is 212. The number of hydrogen-bond donors (Lipinski definition) is 0. The van der Waals surface area contributed by atoms with Crippen LogP contribution >= 0.6 is 15.9 Å². The first-order chi connectivity index (χ1) is 6.38. The van der Waals surface area contributed by atoms with Crippen molar-refractivity contribution in [2.45, 2.75) is 32.1 Å². The molecule has 1 atom stereocenters. The van der Waals surface area contributed by atoms with E-state index in [9.17, 15) is 0 Å². The quantitative estimate of drug-likeness (QED) is 0.672. The number of rotatable bonds is 5. The zero-order valence-electron chi connectivity index (χ0n) is 8.17. The molecule has 13 heavy (non-hydrogen) atoms. The molecule has 0 unspecified atom stereocenters. The topological polar surface area (TPSA) is 0 Å². The van der Waals surface area contributed by atoms with Crippen molar-refractivity contribution < 1.29 is 0 Å². The molecule has 0 saturated heterocycles. The van der Waals surface area contributed by atoms with E-state index in [0.717, 1.165) is 11.2 Å². The van der Waals surface area contributed by atoms with Gasteiger partial charge in [-0.2, -0.15) is 0 Å². The van der Waals surface area contributed by atoms with Gasteiger partial charge in [0.1, 0.15) is 0 Å². The van der Waals surface area contributed by atoms with E-state index in [1.165, 1.54) is 24.8 Å². The molecule has 1 rings (SSSR count). The molecule has 0 aliphatic heterocycles. The van der Waals surface area contributed by atoms with Gasteiger partial charge in [0.25, 0.3) is 0 Å². The molecule has 0 saturated carbocycles. The van der Waals surface area contributed by atoms with Crippen molar-refractivity contribution in [1.82, 2.24) is 0 Å². The van der Waals surface area contributed by atoms with E-state index in [2.05, 4.69) is 53.2 Å². The molecule has 0 N–H and O–H groups in total. The van der Waals surface area contributed by atoms with Crippen molar-refractivity contribution in [3.05, 3.63) is 35.9 Å². The summed E-state index contributed by atoms with van der Waals surface area (Å²) in [5, 5.41) is 1.10. The Labute approximate surface area is 89.5 Å². The minimum atomic E-state index is 0.741. The maximum Gasteiger partial charge on any atom is 0.00371 e. The molecule has 0 amide bonds. The highest BCUT2D eigenvalue weighted by Crippen LogP contribution is 2.25. The van der Waals surface area contributed by atoms with Crippen LogP contribution in [0.2, 0.25) is 0 Å².